The van der Waals surface area contributed by atoms with Gasteiger partial charge >= 0.3 is 0 Å². The monoisotopic (exact) mass is 387 g/mol. The van der Waals surface area contributed by atoms with Gasteiger partial charge in [-0.2, -0.15) is 5.10 Å². The van der Waals surface area contributed by atoms with Crippen molar-refractivity contribution in [2.75, 3.05) is 33.0 Å². The standard InChI is InChI=1S/C20H25N3O5/c1-12-17-16(28-19(12)20(24)21-8-15-11-25-6-7-27-15)3-2-13-9-23(22-18(13)17)10-14-4-5-26-14/h9,14-15H,2-8,10-11H2,1H3,(H,21,24)/t14-,15+/m0/s1. The molecule has 2 saturated heterocycles. The molecule has 2 atom stereocenters. The number of rotatable bonds is 5. The highest BCUT2D eigenvalue weighted by molar-refractivity contribution is 5.95. The fourth-order valence-electron chi connectivity index (χ4n) is 4.05. The number of nitrogens with zero attached hydrogens (tertiary/aromatic N) is 2. The Kier molecular flexibility index (Phi) is 4.70. The third-order valence-electron chi connectivity index (χ3n) is 5.68. The van der Waals surface area contributed by atoms with Crippen molar-refractivity contribution in [3.8, 4) is 11.3 Å². The van der Waals surface area contributed by atoms with Gasteiger partial charge in [0.25, 0.3) is 5.91 Å². The minimum absolute atomic E-state index is 0.112. The van der Waals surface area contributed by atoms with Crippen LogP contribution in [0.2, 0.25) is 0 Å². The van der Waals surface area contributed by atoms with Gasteiger partial charge in [0.2, 0.25) is 0 Å². The van der Waals surface area contributed by atoms with E-state index in [1.807, 2.05) is 11.6 Å². The highest BCUT2D eigenvalue weighted by Gasteiger charge is 2.30. The number of furan rings is 1. The van der Waals surface area contributed by atoms with E-state index in [0.29, 0.717) is 32.1 Å². The number of aromatic nitrogens is 2. The highest BCUT2D eigenvalue weighted by atomic mass is 16.6. The van der Waals surface area contributed by atoms with Gasteiger partial charge in [0.15, 0.2) is 5.76 Å². The molecule has 0 unspecified atom stereocenters. The normalized spacial score (nSPS) is 23.6. The van der Waals surface area contributed by atoms with Crippen LogP contribution >= 0.6 is 0 Å². The lowest BCUT2D eigenvalue weighted by atomic mass is 9.93. The Morgan fingerprint density at radius 1 is 1.25 bits per heavy atom. The summed E-state index contributed by atoms with van der Waals surface area (Å²) in [6, 6.07) is 0. The van der Waals surface area contributed by atoms with E-state index < -0.39 is 0 Å². The second-order valence-electron chi connectivity index (χ2n) is 7.64. The number of amides is 1. The molecule has 2 aromatic rings. The van der Waals surface area contributed by atoms with E-state index in [9.17, 15) is 4.79 Å². The van der Waals surface area contributed by atoms with E-state index >= 15 is 0 Å². The van der Waals surface area contributed by atoms with Gasteiger partial charge in [-0.1, -0.05) is 0 Å². The number of aryl methyl sites for hydroxylation is 2. The third kappa shape index (κ3) is 3.25. The Balaban J connectivity index is 1.34. The van der Waals surface area contributed by atoms with Gasteiger partial charge < -0.3 is 23.9 Å². The molecule has 0 radical (unpaired) electrons. The van der Waals surface area contributed by atoms with Gasteiger partial charge in [0.1, 0.15) is 5.76 Å². The van der Waals surface area contributed by atoms with Gasteiger partial charge in [-0.05, 0) is 25.3 Å². The predicted molar refractivity (Wildman–Crippen MR) is 99.3 cm³/mol. The van der Waals surface area contributed by atoms with Crippen LogP contribution in [-0.2, 0) is 33.6 Å². The summed E-state index contributed by atoms with van der Waals surface area (Å²) in [7, 11) is 0. The quantitative estimate of drug-likeness (QED) is 0.836. The summed E-state index contributed by atoms with van der Waals surface area (Å²) in [6.45, 7) is 5.62. The summed E-state index contributed by atoms with van der Waals surface area (Å²) in [5.41, 5.74) is 3.96. The SMILES string of the molecule is Cc1c(C(=O)NC[C@@H]2COCCO2)oc2c1-c1nn(C[C@@H]3CCO3)cc1CC2. The maximum atomic E-state index is 12.7. The fourth-order valence-corrected chi connectivity index (χ4v) is 4.05. The van der Waals surface area contributed by atoms with Gasteiger partial charge in [0.05, 0.1) is 44.3 Å². The van der Waals surface area contributed by atoms with Crippen LogP contribution in [0.4, 0.5) is 0 Å². The Morgan fingerprint density at radius 3 is 2.86 bits per heavy atom. The van der Waals surface area contributed by atoms with Gasteiger partial charge in [-0.3, -0.25) is 9.48 Å². The van der Waals surface area contributed by atoms with Crippen molar-refractivity contribution in [1.29, 1.82) is 0 Å². The Labute approximate surface area is 163 Å². The molecule has 5 rings (SSSR count). The molecule has 0 bridgehead atoms. The highest BCUT2D eigenvalue weighted by Crippen LogP contribution is 2.38. The topological polar surface area (TPSA) is 87.8 Å². The minimum Gasteiger partial charge on any atom is -0.455 e. The van der Waals surface area contributed by atoms with Gasteiger partial charge in [0, 0.05) is 36.9 Å². The molecular weight excluding hydrogens is 362 g/mol. The predicted octanol–water partition coefficient (Wildman–Crippen LogP) is 1.48. The lowest BCUT2D eigenvalue weighted by molar-refractivity contribution is -0.0856. The zero-order valence-corrected chi connectivity index (χ0v) is 16.0. The van der Waals surface area contributed by atoms with Crippen molar-refractivity contribution in [2.24, 2.45) is 0 Å². The van der Waals surface area contributed by atoms with E-state index in [1.54, 1.807) is 0 Å². The Morgan fingerprint density at radius 2 is 2.11 bits per heavy atom. The van der Waals surface area contributed by atoms with Crippen LogP contribution in [-0.4, -0.2) is 60.9 Å². The average Bonchev–Trinajstić information content (AvgIpc) is 3.24. The summed E-state index contributed by atoms with van der Waals surface area (Å²) < 4.78 is 24.4. The van der Waals surface area contributed by atoms with Crippen molar-refractivity contribution in [2.45, 2.75) is 44.9 Å². The van der Waals surface area contributed by atoms with Crippen molar-refractivity contribution in [1.82, 2.24) is 15.1 Å². The van der Waals surface area contributed by atoms with Gasteiger partial charge in [-0.15, -0.1) is 0 Å². The molecule has 150 valence electrons. The lowest BCUT2D eigenvalue weighted by Crippen LogP contribution is -2.39. The molecule has 2 fully saturated rings. The average molecular weight is 387 g/mol. The molecule has 8 nitrogen and oxygen atoms in total. The molecule has 0 spiro atoms. The summed E-state index contributed by atoms with van der Waals surface area (Å²) in [6.07, 6.45) is 4.99. The first-order valence-corrected chi connectivity index (χ1v) is 9.97. The number of fused-ring (bicyclic) bond motifs is 3. The molecule has 1 amide bonds. The fraction of sp³-hybridized carbons (Fsp3) is 0.600. The lowest BCUT2D eigenvalue weighted by Gasteiger charge is -2.26. The Bertz CT molecular complexity index is 877. The molecule has 1 aliphatic carbocycles. The number of nitrogens with one attached hydrogen (secondary N) is 1. The zero-order chi connectivity index (χ0) is 19.1. The largest absolute Gasteiger partial charge is 0.455 e. The minimum atomic E-state index is -0.218. The van der Waals surface area contributed by atoms with Crippen molar-refractivity contribution < 1.29 is 23.4 Å². The van der Waals surface area contributed by atoms with Crippen LogP contribution < -0.4 is 5.32 Å². The van der Waals surface area contributed by atoms with Crippen LogP contribution in [0.1, 0.15) is 33.9 Å². The van der Waals surface area contributed by atoms with E-state index in [1.165, 1.54) is 5.56 Å². The van der Waals surface area contributed by atoms with Crippen LogP contribution in [0.15, 0.2) is 10.6 Å². The molecule has 2 aliphatic heterocycles. The van der Waals surface area contributed by atoms with E-state index in [-0.39, 0.29) is 18.1 Å². The summed E-state index contributed by atoms with van der Waals surface area (Å²) in [4.78, 5) is 12.7. The number of carbonyl (C=O) groups is 1. The van der Waals surface area contributed by atoms with E-state index in [2.05, 4.69) is 11.5 Å². The third-order valence-corrected chi connectivity index (χ3v) is 5.68. The number of hydrogen-bond acceptors (Lipinski definition) is 6. The maximum Gasteiger partial charge on any atom is 0.287 e. The zero-order valence-electron chi connectivity index (χ0n) is 16.0. The van der Waals surface area contributed by atoms with Crippen LogP contribution in [0.5, 0.6) is 0 Å². The first-order chi connectivity index (χ1) is 13.7. The number of ether oxygens (including phenoxy) is 3. The summed E-state index contributed by atoms with van der Waals surface area (Å²) in [5, 5.41) is 7.68. The molecule has 0 saturated carbocycles. The van der Waals surface area contributed by atoms with Crippen LogP contribution in [0.3, 0.4) is 0 Å². The summed E-state index contributed by atoms with van der Waals surface area (Å²) >= 11 is 0. The number of hydrogen-bond donors (Lipinski definition) is 1. The van der Waals surface area contributed by atoms with Crippen LogP contribution in [0.25, 0.3) is 11.3 Å². The molecule has 8 heteroatoms. The maximum absolute atomic E-state index is 12.7. The molecule has 28 heavy (non-hydrogen) atoms. The molecule has 4 heterocycles. The van der Waals surface area contributed by atoms with Crippen molar-refractivity contribution in [3.05, 3.63) is 28.8 Å². The second kappa shape index (κ2) is 7.35. The molecule has 1 N–H and O–H groups in total. The van der Waals surface area contributed by atoms with Gasteiger partial charge in [-0.25, -0.2) is 0 Å². The molecular formula is C20H25N3O5. The van der Waals surface area contributed by atoms with Crippen molar-refractivity contribution >= 4 is 5.91 Å². The summed E-state index contributed by atoms with van der Waals surface area (Å²) in [5.74, 6) is 0.994. The second-order valence-corrected chi connectivity index (χ2v) is 7.64. The molecule has 0 aromatic carbocycles. The smallest absolute Gasteiger partial charge is 0.287 e. The first-order valence-electron chi connectivity index (χ1n) is 9.97. The molecule has 3 aliphatic rings. The first kappa shape index (κ1) is 17.9. The van der Waals surface area contributed by atoms with E-state index in [0.717, 1.165) is 55.0 Å². The van der Waals surface area contributed by atoms with Crippen LogP contribution in [0, 0.1) is 6.92 Å². The van der Waals surface area contributed by atoms with Crippen molar-refractivity contribution in [3.63, 3.8) is 0 Å². The number of carbonyl (C=O) groups excluding carboxylic acids is 1. The van der Waals surface area contributed by atoms with E-state index in [4.69, 9.17) is 23.7 Å². The molecule has 2 aromatic heterocycles. The Hall–Kier alpha value is -2.16.